The Bertz CT molecular complexity index is 742. The fourth-order valence-electron chi connectivity index (χ4n) is 3.34. The Kier molecular flexibility index (Phi) is 5.39. The summed E-state index contributed by atoms with van der Waals surface area (Å²) in [6.45, 7) is 1.46. The van der Waals surface area contributed by atoms with E-state index in [1.165, 1.54) is 11.1 Å². The van der Waals surface area contributed by atoms with Gasteiger partial charge in [-0.15, -0.1) is 0 Å². The fraction of sp³-hybridized carbons (Fsp3) is 0.381. The van der Waals surface area contributed by atoms with Crippen LogP contribution in [0, 0.1) is 5.92 Å². The van der Waals surface area contributed by atoms with Crippen molar-refractivity contribution in [2.24, 2.45) is 5.92 Å². The number of rotatable bonds is 7. The van der Waals surface area contributed by atoms with Gasteiger partial charge >= 0.3 is 0 Å². The van der Waals surface area contributed by atoms with Crippen molar-refractivity contribution in [3.8, 4) is 5.75 Å². The summed E-state index contributed by atoms with van der Waals surface area (Å²) in [4.78, 5) is 14.7. The van der Waals surface area contributed by atoms with Crippen LogP contribution in [0.4, 0.5) is 0 Å². The SMILES string of the molecule is COc1ccccc1C1CC1C(=O)NCc1ccccc1CN(C)C. The predicted molar refractivity (Wildman–Crippen MR) is 99.5 cm³/mol. The summed E-state index contributed by atoms with van der Waals surface area (Å²) in [6.07, 6.45) is 0.894. The van der Waals surface area contributed by atoms with Crippen LogP contribution in [0.1, 0.15) is 29.0 Å². The molecule has 1 N–H and O–H groups in total. The number of amides is 1. The van der Waals surface area contributed by atoms with Crippen LogP contribution in [-0.4, -0.2) is 32.0 Å². The van der Waals surface area contributed by atoms with E-state index in [1.807, 2.05) is 30.3 Å². The zero-order valence-corrected chi connectivity index (χ0v) is 15.2. The second-order valence-electron chi connectivity index (χ2n) is 6.91. The van der Waals surface area contributed by atoms with Crippen molar-refractivity contribution in [1.82, 2.24) is 10.2 Å². The maximum atomic E-state index is 12.5. The first-order valence-corrected chi connectivity index (χ1v) is 8.72. The number of carbonyl (C=O) groups excluding carboxylic acids is 1. The van der Waals surface area contributed by atoms with Crippen LogP contribution in [0.2, 0.25) is 0 Å². The molecule has 0 saturated heterocycles. The molecule has 2 unspecified atom stereocenters. The van der Waals surface area contributed by atoms with Gasteiger partial charge in [-0.1, -0.05) is 42.5 Å². The van der Waals surface area contributed by atoms with Gasteiger partial charge in [0.05, 0.1) is 7.11 Å². The molecule has 3 rings (SSSR count). The Morgan fingerprint density at radius 3 is 2.52 bits per heavy atom. The van der Waals surface area contributed by atoms with E-state index in [1.54, 1.807) is 7.11 Å². The second kappa shape index (κ2) is 7.70. The molecule has 1 saturated carbocycles. The van der Waals surface area contributed by atoms with E-state index in [9.17, 15) is 4.79 Å². The van der Waals surface area contributed by atoms with Crippen LogP contribution in [-0.2, 0) is 17.9 Å². The first-order valence-electron chi connectivity index (χ1n) is 8.72. The molecule has 1 fully saturated rings. The van der Waals surface area contributed by atoms with Gasteiger partial charge in [0, 0.05) is 19.0 Å². The van der Waals surface area contributed by atoms with Gasteiger partial charge < -0.3 is 15.0 Å². The Morgan fingerprint density at radius 1 is 1.12 bits per heavy atom. The lowest BCUT2D eigenvalue weighted by Gasteiger charge is -2.14. The summed E-state index contributed by atoms with van der Waals surface area (Å²) in [5, 5.41) is 3.11. The second-order valence-corrected chi connectivity index (χ2v) is 6.91. The molecular formula is C21H26N2O2. The molecule has 0 bridgehead atoms. The summed E-state index contributed by atoms with van der Waals surface area (Å²) in [6, 6.07) is 16.3. The van der Waals surface area contributed by atoms with E-state index in [4.69, 9.17) is 4.74 Å². The number of carbonyl (C=O) groups is 1. The first kappa shape index (κ1) is 17.5. The minimum absolute atomic E-state index is 0.0531. The molecule has 0 heterocycles. The van der Waals surface area contributed by atoms with Crippen LogP contribution in [0.3, 0.4) is 0 Å². The zero-order valence-electron chi connectivity index (χ0n) is 15.2. The van der Waals surface area contributed by atoms with Crippen molar-refractivity contribution in [2.45, 2.75) is 25.4 Å². The van der Waals surface area contributed by atoms with Gasteiger partial charge in [-0.2, -0.15) is 0 Å². The number of hydrogen-bond donors (Lipinski definition) is 1. The summed E-state index contributed by atoms with van der Waals surface area (Å²) in [5.41, 5.74) is 3.57. The standard InChI is InChI=1S/C21H26N2O2/c1-23(2)14-16-9-5-4-8-15(16)13-22-21(24)19-12-18(19)17-10-6-7-11-20(17)25-3/h4-11,18-19H,12-14H2,1-3H3,(H,22,24). The largest absolute Gasteiger partial charge is 0.496 e. The van der Waals surface area contributed by atoms with E-state index < -0.39 is 0 Å². The Hall–Kier alpha value is -2.33. The molecule has 2 aromatic rings. The Balaban J connectivity index is 1.60. The smallest absolute Gasteiger partial charge is 0.224 e. The van der Waals surface area contributed by atoms with Crippen molar-refractivity contribution in [3.05, 3.63) is 65.2 Å². The maximum Gasteiger partial charge on any atom is 0.224 e. The minimum atomic E-state index is 0.0531. The van der Waals surface area contributed by atoms with Gasteiger partial charge in [0.1, 0.15) is 5.75 Å². The molecule has 0 radical (unpaired) electrons. The van der Waals surface area contributed by atoms with Gasteiger partial charge in [-0.25, -0.2) is 0 Å². The number of ether oxygens (including phenoxy) is 1. The average Bonchev–Trinajstić information content (AvgIpc) is 3.41. The highest BCUT2D eigenvalue weighted by Crippen LogP contribution is 2.50. The van der Waals surface area contributed by atoms with E-state index in [0.717, 1.165) is 24.3 Å². The quantitative estimate of drug-likeness (QED) is 0.843. The summed E-state index contributed by atoms with van der Waals surface area (Å²) >= 11 is 0. The molecule has 4 heteroatoms. The number of methoxy groups -OCH3 is 1. The molecule has 25 heavy (non-hydrogen) atoms. The van der Waals surface area contributed by atoms with Crippen molar-refractivity contribution < 1.29 is 9.53 Å². The lowest BCUT2D eigenvalue weighted by molar-refractivity contribution is -0.122. The number of nitrogens with one attached hydrogen (secondary N) is 1. The van der Waals surface area contributed by atoms with Gasteiger partial charge in [0.15, 0.2) is 0 Å². The summed E-state index contributed by atoms with van der Waals surface area (Å²) in [7, 11) is 5.78. The molecule has 1 aliphatic carbocycles. The Morgan fingerprint density at radius 2 is 1.80 bits per heavy atom. The topological polar surface area (TPSA) is 41.6 Å². The Labute approximate surface area is 149 Å². The van der Waals surface area contributed by atoms with Crippen LogP contribution in [0.15, 0.2) is 48.5 Å². The van der Waals surface area contributed by atoms with Crippen molar-refractivity contribution in [2.75, 3.05) is 21.2 Å². The van der Waals surface area contributed by atoms with Crippen molar-refractivity contribution in [1.29, 1.82) is 0 Å². The highest BCUT2D eigenvalue weighted by Gasteiger charge is 2.45. The lowest BCUT2D eigenvalue weighted by atomic mass is 10.1. The first-order chi connectivity index (χ1) is 12.1. The highest BCUT2D eigenvalue weighted by atomic mass is 16.5. The fourth-order valence-corrected chi connectivity index (χ4v) is 3.34. The molecule has 2 atom stereocenters. The monoisotopic (exact) mass is 338 g/mol. The summed E-state index contributed by atoms with van der Waals surface area (Å²) in [5.74, 6) is 1.33. The van der Waals surface area contributed by atoms with E-state index in [2.05, 4.69) is 42.5 Å². The van der Waals surface area contributed by atoms with E-state index in [-0.39, 0.29) is 17.7 Å². The third-order valence-electron chi connectivity index (χ3n) is 4.72. The van der Waals surface area contributed by atoms with E-state index in [0.29, 0.717) is 6.54 Å². The molecule has 4 nitrogen and oxygen atoms in total. The maximum absolute atomic E-state index is 12.5. The average molecular weight is 338 g/mol. The predicted octanol–water partition coefficient (Wildman–Crippen LogP) is 3.18. The minimum Gasteiger partial charge on any atom is -0.496 e. The molecule has 1 amide bonds. The van der Waals surface area contributed by atoms with Crippen molar-refractivity contribution in [3.63, 3.8) is 0 Å². The highest BCUT2D eigenvalue weighted by molar-refractivity contribution is 5.83. The third kappa shape index (κ3) is 4.20. The molecule has 1 aliphatic rings. The number of benzene rings is 2. The molecular weight excluding hydrogens is 312 g/mol. The van der Waals surface area contributed by atoms with Gasteiger partial charge in [-0.05, 0) is 49.2 Å². The molecule has 132 valence electrons. The van der Waals surface area contributed by atoms with Crippen LogP contribution in [0.5, 0.6) is 5.75 Å². The van der Waals surface area contributed by atoms with Gasteiger partial charge in [-0.3, -0.25) is 4.79 Å². The lowest BCUT2D eigenvalue weighted by Crippen LogP contribution is -2.26. The molecule has 0 aliphatic heterocycles. The van der Waals surface area contributed by atoms with Crippen LogP contribution >= 0.6 is 0 Å². The van der Waals surface area contributed by atoms with Crippen molar-refractivity contribution >= 4 is 5.91 Å². The molecule has 0 aromatic heterocycles. The van der Waals surface area contributed by atoms with E-state index >= 15 is 0 Å². The summed E-state index contributed by atoms with van der Waals surface area (Å²) < 4.78 is 5.42. The van der Waals surface area contributed by atoms with Crippen LogP contribution < -0.4 is 10.1 Å². The molecule has 2 aromatic carbocycles. The molecule has 0 spiro atoms. The van der Waals surface area contributed by atoms with Gasteiger partial charge in [0.25, 0.3) is 0 Å². The normalized spacial score (nSPS) is 18.9. The zero-order chi connectivity index (χ0) is 17.8. The third-order valence-corrected chi connectivity index (χ3v) is 4.72. The van der Waals surface area contributed by atoms with Crippen LogP contribution in [0.25, 0.3) is 0 Å². The van der Waals surface area contributed by atoms with Gasteiger partial charge in [0.2, 0.25) is 5.91 Å². The number of para-hydroxylation sites is 1. The number of hydrogen-bond acceptors (Lipinski definition) is 3. The number of nitrogens with zero attached hydrogens (tertiary/aromatic N) is 1.